The van der Waals surface area contributed by atoms with Gasteiger partial charge in [0.1, 0.15) is 12.4 Å². The van der Waals surface area contributed by atoms with Crippen LogP contribution in [0.4, 0.5) is 26.3 Å². The Balaban J connectivity index is 0.000000458. The first-order chi connectivity index (χ1) is 24.9. The molecule has 1 saturated heterocycles. The van der Waals surface area contributed by atoms with E-state index in [0.717, 1.165) is 27.7 Å². The number of aromatic nitrogens is 2. The lowest BCUT2D eigenvalue weighted by molar-refractivity contribution is -0.193. The normalized spacial score (nSPS) is 15.8. The van der Waals surface area contributed by atoms with Gasteiger partial charge in [-0.1, -0.05) is 18.2 Å². The van der Waals surface area contributed by atoms with Crippen LogP contribution in [0, 0.1) is 12.8 Å². The van der Waals surface area contributed by atoms with Crippen LogP contribution in [0.3, 0.4) is 0 Å². The largest absolute Gasteiger partial charge is 0.490 e. The highest BCUT2D eigenvalue weighted by molar-refractivity contribution is 5.95. The first-order valence-corrected chi connectivity index (χ1v) is 15.4. The number of pyridine rings is 2. The molecule has 2 atom stereocenters. The smallest absolute Gasteiger partial charge is 0.489 e. The van der Waals surface area contributed by atoms with Gasteiger partial charge in [0.15, 0.2) is 0 Å². The number of nitrogens with one attached hydrogen (secondary N) is 2. The molecule has 0 bridgehead atoms. The molecule has 0 radical (unpaired) electrons. The molecule has 19 heteroatoms. The number of ether oxygens (including phenoxy) is 1. The van der Waals surface area contributed by atoms with E-state index in [9.17, 15) is 41.1 Å². The molecule has 2 aromatic carbocycles. The van der Waals surface area contributed by atoms with E-state index in [4.69, 9.17) is 24.5 Å². The number of hydrogen-bond acceptors (Lipinski definition) is 9. The van der Waals surface area contributed by atoms with Crippen LogP contribution in [0.25, 0.3) is 10.9 Å². The second-order valence-corrected chi connectivity index (χ2v) is 11.4. The molecule has 53 heavy (non-hydrogen) atoms. The van der Waals surface area contributed by atoms with E-state index >= 15 is 0 Å². The van der Waals surface area contributed by atoms with Crippen LogP contribution >= 0.6 is 0 Å². The minimum atomic E-state index is -5.08. The highest BCUT2D eigenvalue weighted by Crippen LogP contribution is 2.23. The van der Waals surface area contributed by atoms with Gasteiger partial charge in [0.25, 0.3) is 5.91 Å². The van der Waals surface area contributed by atoms with E-state index in [1.165, 1.54) is 0 Å². The SMILES string of the molecule is Cc1cc(COc2ccc(C(=O)N[C@@H]3CN(Cc4ccncc4)CC[C@@H]3C(=O)NO)cc2)c2ccccc2n1.O=C(O)C(F)(F)F.O=C(O)C(F)(F)F. The highest BCUT2D eigenvalue weighted by atomic mass is 19.4. The number of nitrogens with zero attached hydrogens (tertiary/aromatic N) is 3. The van der Waals surface area contributed by atoms with Crippen molar-refractivity contribution in [3.05, 3.63) is 102 Å². The number of fused-ring (bicyclic) bond motifs is 1. The number of carboxylic acid groups (broad SMARTS) is 2. The van der Waals surface area contributed by atoms with Crippen LogP contribution in [0.2, 0.25) is 0 Å². The maximum Gasteiger partial charge on any atom is 0.490 e. The lowest BCUT2D eigenvalue weighted by atomic mass is 9.90. The minimum Gasteiger partial charge on any atom is -0.489 e. The molecule has 0 spiro atoms. The van der Waals surface area contributed by atoms with E-state index in [1.54, 1.807) is 42.1 Å². The van der Waals surface area contributed by atoms with Crippen molar-refractivity contribution >= 4 is 34.7 Å². The number of aliphatic carboxylic acids is 2. The molecule has 1 aliphatic heterocycles. The van der Waals surface area contributed by atoms with Gasteiger partial charge in [0, 0.05) is 47.7 Å². The summed E-state index contributed by atoms with van der Waals surface area (Å²) in [4.78, 5) is 54.1. The highest BCUT2D eigenvalue weighted by Gasteiger charge is 2.39. The monoisotopic (exact) mass is 753 g/mol. The summed E-state index contributed by atoms with van der Waals surface area (Å²) in [5.41, 5.74) is 6.21. The average molecular weight is 754 g/mol. The van der Waals surface area contributed by atoms with Crippen molar-refractivity contribution in [2.75, 3.05) is 13.1 Å². The van der Waals surface area contributed by atoms with Gasteiger partial charge in [-0.2, -0.15) is 26.3 Å². The summed E-state index contributed by atoms with van der Waals surface area (Å²) in [6, 6.07) is 20.4. The first-order valence-electron chi connectivity index (χ1n) is 15.4. The van der Waals surface area contributed by atoms with Gasteiger partial charge in [-0.05, 0) is 74.0 Å². The number of alkyl halides is 6. The van der Waals surface area contributed by atoms with E-state index in [0.29, 0.717) is 44.0 Å². The number of hydroxylamine groups is 1. The summed E-state index contributed by atoms with van der Waals surface area (Å²) in [5, 5.41) is 27.5. The number of benzene rings is 2. The summed E-state index contributed by atoms with van der Waals surface area (Å²) in [6.45, 7) is 4.17. The van der Waals surface area contributed by atoms with Gasteiger partial charge in [-0.15, -0.1) is 0 Å². The molecule has 2 amide bonds. The molecule has 1 fully saturated rings. The van der Waals surface area contributed by atoms with Crippen molar-refractivity contribution < 1.29 is 65.7 Å². The number of rotatable bonds is 8. The molecule has 3 heterocycles. The lowest BCUT2D eigenvalue weighted by Gasteiger charge is -2.37. The zero-order valence-electron chi connectivity index (χ0n) is 27.7. The number of carboxylic acids is 2. The van der Waals surface area contributed by atoms with Crippen molar-refractivity contribution in [3.8, 4) is 5.75 Å². The minimum absolute atomic E-state index is 0.288. The fourth-order valence-electron chi connectivity index (χ4n) is 5.08. The topological polar surface area (TPSA) is 191 Å². The van der Waals surface area contributed by atoms with Crippen LogP contribution in [0.15, 0.2) is 79.1 Å². The standard InChI is InChI=1S/C30H31N5O4.2C2HF3O2/c1-20-16-23(25-4-2-3-5-27(25)32-20)19-39-24-8-6-22(7-9-24)29(36)33-28-18-35(15-12-26(28)30(37)34-38)17-21-10-13-31-14-11-21;2*3-2(4,5)1(6)7/h2-11,13-14,16,26,28,38H,12,15,17-19H2,1H3,(H,33,36)(H,34,37);2*(H,6,7)/t26-,28+;;/m0../s1. The number of aryl methyl sites for hydroxylation is 1. The predicted octanol–water partition coefficient (Wildman–Crippen LogP) is 4.91. The van der Waals surface area contributed by atoms with Gasteiger partial charge in [-0.3, -0.25) is 29.7 Å². The van der Waals surface area contributed by atoms with Crippen molar-refractivity contribution in [3.63, 3.8) is 0 Å². The zero-order valence-corrected chi connectivity index (χ0v) is 27.7. The van der Waals surface area contributed by atoms with Crippen molar-refractivity contribution in [2.45, 2.75) is 44.9 Å². The van der Waals surface area contributed by atoms with Gasteiger partial charge in [0.2, 0.25) is 5.91 Å². The zero-order chi connectivity index (χ0) is 39.3. The fraction of sp³-hybridized carbons (Fsp3) is 0.294. The molecule has 13 nitrogen and oxygen atoms in total. The maximum atomic E-state index is 13.1. The maximum absolute atomic E-state index is 13.1. The predicted molar refractivity (Wildman–Crippen MR) is 173 cm³/mol. The third kappa shape index (κ3) is 13.0. The van der Waals surface area contributed by atoms with Crippen LogP contribution in [0.1, 0.15) is 33.6 Å². The molecule has 5 rings (SSSR count). The van der Waals surface area contributed by atoms with Crippen LogP contribution in [-0.2, 0) is 27.5 Å². The van der Waals surface area contributed by atoms with Gasteiger partial charge in [0.05, 0.1) is 17.5 Å². The number of halogens is 6. The number of para-hydroxylation sites is 1. The number of likely N-dealkylation sites (tertiary alicyclic amines) is 1. The van der Waals surface area contributed by atoms with E-state index in [2.05, 4.69) is 20.2 Å². The van der Waals surface area contributed by atoms with Crippen LogP contribution in [0.5, 0.6) is 5.75 Å². The summed E-state index contributed by atoms with van der Waals surface area (Å²) in [6.07, 6.45) is -6.17. The Hall–Kier alpha value is -5.82. The molecule has 284 valence electrons. The second kappa shape index (κ2) is 18.6. The molecule has 0 aliphatic carbocycles. The van der Waals surface area contributed by atoms with Crippen molar-refractivity contribution in [2.24, 2.45) is 5.92 Å². The van der Waals surface area contributed by atoms with Gasteiger partial charge in [-0.25, -0.2) is 15.1 Å². The molecule has 1 aliphatic rings. The summed E-state index contributed by atoms with van der Waals surface area (Å²) in [5.74, 6) is -6.19. The Morgan fingerprint density at radius 2 is 1.49 bits per heavy atom. The Labute approximate surface area is 297 Å². The number of carbonyl (C=O) groups is 4. The van der Waals surface area contributed by atoms with E-state index in [-0.39, 0.29) is 5.91 Å². The van der Waals surface area contributed by atoms with Gasteiger partial charge >= 0.3 is 24.3 Å². The first kappa shape index (κ1) is 41.6. The Morgan fingerprint density at radius 3 is 2.06 bits per heavy atom. The molecule has 0 saturated carbocycles. The lowest BCUT2D eigenvalue weighted by Crippen LogP contribution is -2.56. The average Bonchev–Trinajstić information content (AvgIpc) is 3.10. The number of piperidine rings is 1. The van der Waals surface area contributed by atoms with Crippen molar-refractivity contribution in [1.82, 2.24) is 25.7 Å². The van der Waals surface area contributed by atoms with Crippen molar-refractivity contribution in [1.29, 1.82) is 0 Å². The molecule has 2 aromatic heterocycles. The van der Waals surface area contributed by atoms with E-state index < -0.39 is 42.2 Å². The second-order valence-electron chi connectivity index (χ2n) is 11.4. The molecule has 5 N–H and O–H groups in total. The van der Waals surface area contributed by atoms with Gasteiger partial charge < -0.3 is 20.3 Å². The third-order valence-electron chi connectivity index (χ3n) is 7.54. The Morgan fingerprint density at radius 1 is 0.906 bits per heavy atom. The molecular weight excluding hydrogens is 720 g/mol. The number of amides is 2. The number of carbonyl (C=O) groups excluding carboxylic acids is 2. The summed E-state index contributed by atoms with van der Waals surface area (Å²) >= 11 is 0. The summed E-state index contributed by atoms with van der Waals surface area (Å²) < 4.78 is 69.5. The third-order valence-corrected chi connectivity index (χ3v) is 7.54. The molecular formula is C34H33F6N5O8. The quantitative estimate of drug-likeness (QED) is 0.0934. The molecule has 4 aromatic rings. The Kier molecular flexibility index (Phi) is 14.6. The fourth-order valence-corrected chi connectivity index (χ4v) is 5.08. The molecule has 0 unspecified atom stereocenters. The number of hydrogen-bond donors (Lipinski definition) is 5. The van der Waals surface area contributed by atoms with Crippen LogP contribution < -0.4 is 15.5 Å². The van der Waals surface area contributed by atoms with Crippen LogP contribution in [-0.4, -0.2) is 85.5 Å². The van der Waals surface area contributed by atoms with E-state index in [1.807, 2.05) is 49.4 Å². The summed E-state index contributed by atoms with van der Waals surface area (Å²) in [7, 11) is 0. The Bertz CT molecular complexity index is 1840.